The second-order valence-electron chi connectivity index (χ2n) is 4.59. The van der Waals surface area contributed by atoms with Gasteiger partial charge in [0, 0.05) is 12.0 Å². The van der Waals surface area contributed by atoms with Crippen molar-refractivity contribution in [1.29, 1.82) is 0 Å². The number of nitrogens with zero attached hydrogens (tertiary/aromatic N) is 1. The van der Waals surface area contributed by atoms with Gasteiger partial charge in [0.15, 0.2) is 5.78 Å². The van der Waals surface area contributed by atoms with E-state index < -0.39 is 0 Å². The molecule has 96 valence electrons. The number of benzene rings is 2. The fourth-order valence-corrected chi connectivity index (χ4v) is 2.68. The third kappa shape index (κ3) is 1.73. The number of fused-ring (bicyclic) bond motifs is 3. The second-order valence-corrected chi connectivity index (χ2v) is 4.59. The minimum Gasteiger partial charge on any atom is -0.289 e. The van der Waals surface area contributed by atoms with E-state index in [1.807, 2.05) is 30.3 Å². The number of isocyanates is 1. The SMILES string of the molecule is C=CC(=O)c1ccc2c(c1N=C=O)Cc1ccccc1-2. The quantitative estimate of drug-likeness (QED) is 0.313. The van der Waals surface area contributed by atoms with E-state index in [4.69, 9.17) is 0 Å². The zero-order valence-electron chi connectivity index (χ0n) is 10.7. The van der Waals surface area contributed by atoms with E-state index in [0.29, 0.717) is 17.7 Å². The Kier molecular flexibility index (Phi) is 2.90. The summed E-state index contributed by atoms with van der Waals surface area (Å²) in [5, 5.41) is 0. The van der Waals surface area contributed by atoms with Crippen LogP contribution in [0.3, 0.4) is 0 Å². The standard InChI is InChI=1S/C17H11NO2/c1-2-16(20)14-8-7-13-12-6-4-3-5-11(12)9-15(13)17(14)18-10-19/h2-8H,1,9H2. The van der Waals surface area contributed by atoms with Crippen molar-refractivity contribution in [1.82, 2.24) is 0 Å². The van der Waals surface area contributed by atoms with Crippen LogP contribution >= 0.6 is 0 Å². The van der Waals surface area contributed by atoms with Crippen molar-refractivity contribution in [2.75, 3.05) is 0 Å². The van der Waals surface area contributed by atoms with Crippen LogP contribution in [-0.2, 0) is 11.2 Å². The summed E-state index contributed by atoms with van der Waals surface area (Å²) in [5.74, 6) is -0.238. The number of allylic oxidation sites excluding steroid dienone is 1. The van der Waals surface area contributed by atoms with Gasteiger partial charge < -0.3 is 0 Å². The smallest absolute Gasteiger partial charge is 0.240 e. The molecule has 0 amide bonds. The molecule has 1 aliphatic carbocycles. The van der Waals surface area contributed by atoms with E-state index in [-0.39, 0.29) is 5.78 Å². The summed E-state index contributed by atoms with van der Waals surface area (Å²) in [4.78, 5) is 26.3. The van der Waals surface area contributed by atoms with Crippen molar-refractivity contribution in [2.24, 2.45) is 4.99 Å². The summed E-state index contributed by atoms with van der Waals surface area (Å²) < 4.78 is 0. The molecular weight excluding hydrogens is 250 g/mol. The molecule has 2 aromatic carbocycles. The molecule has 3 rings (SSSR count). The van der Waals surface area contributed by atoms with Crippen molar-refractivity contribution in [2.45, 2.75) is 6.42 Å². The van der Waals surface area contributed by atoms with Gasteiger partial charge in [-0.05, 0) is 34.4 Å². The highest BCUT2D eigenvalue weighted by molar-refractivity contribution is 6.09. The van der Waals surface area contributed by atoms with E-state index in [0.717, 1.165) is 16.7 Å². The van der Waals surface area contributed by atoms with Crippen LogP contribution in [0.2, 0.25) is 0 Å². The van der Waals surface area contributed by atoms with E-state index >= 15 is 0 Å². The van der Waals surface area contributed by atoms with Gasteiger partial charge in [-0.25, -0.2) is 4.79 Å². The van der Waals surface area contributed by atoms with Crippen LogP contribution in [-0.4, -0.2) is 11.9 Å². The number of hydrogen-bond donors (Lipinski definition) is 0. The third-order valence-corrected chi connectivity index (χ3v) is 3.57. The average Bonchev–Trinajstić information content (AvgIpc) is 2.86. The molecule has 0 heterocycles. The molecule has 0 N–H and O–H groups in total. The Labute approximate surface area is 116 Å². The van der Waals surface area contributed by atoms with Crippen molar-refractivity contribution in [3.63, 3.8) is 0 Å². The van der Waals surface area contributed by atoms with E-state index in [1.54, 1.807) is 12.1 Å². The van der Waals surface area contributed by atoms with E-state index in [9.17, 15) is 9.59 Å². The van der Waals surface area contributed by atoms with Crippen molar-refractivity contribution < 1.29 is 9.59 Å². The molecule has 0 atom stereocenters. The van der Waals surface area contributed by atoms with Gasteiger partial charge in [0.2, 0.25) is 6.08 Å². The van der Waals surface area contributed by atoms with Gasteiger partial charge in [0.05, 0.1) is 5.69 Å². The molecule has 0 spiro atoms. The fraction of sp³-hybridized carbons (Fsp3) is 0.0588. The summed E-state index contributed by atoms with van der Waals surface area (Å²) in [7, 11) is 0. The molecule has 0 radical (unpaired) electrons. The molecule has 1 aliphatic rings. The van der Waals surface area contributed by atoms with Crippen molar-refractivity contribution in [3.8, 4) is 11.1 Å². The predicted octanol–water partition coefficient (Wildman–Crippen LogP) is 3.59. The zero-order valence-corrected chi connectivity index (χ0v) is 10.7. The Hall–Kier alpha value is -2.77. The lowest BCUT2D eigenvalue weighted by atomic mass is 9.98. The highest BCUT2D eigenvalue weighted by Gasteiger charge is 2.24. The molecule has 20 heavy (non-hydrogen) atoms. The largest absolute Gasteiger partial charge is 0.289 e. The zero-order chi connectivity index (χ0) is 14.1. The Morgan fingerprint density at radius 2 is 2.00 bits per heavy atom. The number of carbonyl (C=O) groups is 1. The Morgan fingerprint density at radius 1 is 1.20 bits per heavy atom. The van der Waals surface area contributed by atoms with Gasteiger partial charge in [0.25, 0.3) is 0 Å². The molecule has 0 saturated heterocycles. The molecular formula is C17H11NO2. The summed E-state index contributed by atoms with van der Waals surface area (Å²) in [6.45, 7) is 3.48. The van der Waals surface area contributed by atoms with Gasteiger partial charge in [-0.2, -0.15) is 4.99 Å². The minimum atomic E-state index is -0.238. The number of hydrogen-bond acceptors (Lipinski definition) is 3. The van der Waals surface area contributed by atoms with Crippen LogP contribution in [0.15, 0.2) is 54.0 Å². The maximum Gasteiger partial charge on any atom is 0.240 e. The van der Waals surface area contributed by atoms with E-state index in [1.165, 1.54) is 11.6 Å². The topological polar surface area (TPSA) is 46.5 Å². The lowest BCUT2D eigenvalue weighted by molar-refractivity contribution is 0.104. The van der Waals surface area contributed by atoms with Gasteiger partial charge >= 0.3 is 0 Å². The Morgan fingerprint density at radius 3 is 2.75 bits per heavy atom. The van der Waals surface area contributed by atoms with Crippen LogP contribution in [0.5, 0.6) is 0 Å². The molecule has 0 saturated carbocycles. The molecule has 0 bridgehead atoms. The molecule has 0 aliphatic heterocycles. The summed E-state index contributed by atoms with van der Waals surface area (Å²) in [6.07, 6.45) is 3.45. The molecule has 0 unspecified atom stereocenters. The first-order chi connectivity index (χ1) is 9.76. The average molecular weight is 261 g/mol. The first-order valence-corrected chi connectivity index (χ1v) is 6.25. The Bertz CT molecular complexity index is 784. The number of ketones is 1. The van der Waals surface area contributed by atoms with Gasteiger partial charge in [-0.15, -0.1) is 0 Å². The summed E-state index contributed by atoms with van der Waals surface area (Å²) >= 11 is 0. The monoisotopic (exact) mass is 261 g/mol. The summed E-state index contributed by atoms with van der Waals surface area (Å²) in [6, 6.07) is 11.6. The highest BCUT2D eigenvalue weighted by Crippen LogP contribution is 2.42. The molecule has 0 aromatic heterocycles. The first-order valence-electron chi connectivity index (χ1n) is 6.25. The third-order valence-electron chi connectivity index (χ3n) is 3.57. The maximum absolute atomic E-state index is 11.9. The minimum absolute atomic E-state index is 0.238. The van der Waals surface area contributed by atoms with Crippen LogP contribution in [0.4, 0.5) is 5.69 Å². The van der Waals surface area contributed by atoms with Crippen LogP contribution in [0.1, 0.15) is 21.5 Å². The van der Waals surface area contributed by atoms with Gasteiger partial charge in [-0.1, -0.05) is 36.9 Å². The first kappa shape index (κ1) is 12.3. The van der Waals surface area contributed by atoms with E-state index in [2.05, 4.69) is 11.6 Å². The normalized spacial score (nSPS) is 11.2. The fourth-order valence-electron chi connectivity index (χ4n) is 2.68. The lowest BCUT2D eigenvalue weighted by Gasteiger charge is -2.07. The van der Waals surface area contributed by atoms with Crippen LogP contribution in [0, 0.1) is 0 Å². The molecule has 3 nitrogen and oxygen atoms in total. The second kappa shape index (κ2) is 4.72. The van der Waals surface area contributed by atoms with Crippen LogP contribution < -0.4 is 0 Å². The van der Waals surface area contributed by atoms with Crippen LogP contribution in [0.25, 0.3) is 11.1 Å². The van der Waals surface area contributed by atoms with Crippen molar-refractivity contribution >= 4 is 17.6 Å². The van der Waals surface area contributed by atoms with Gasteiger partial charge in [-0.3, -0.25) is 4.79 Å². The number of carbonyl (C=O) groups excluding carboxylic acids is 2. The number of rotatable bonds is 3. The molecule has 0 fully saturated rings. The highest BCUT2D eigenvalue weighted by atomic mass is 16.1. The maximum atomic E-state index is 11.9. The Balaban J connectivity index is 2.29. The van der Waals surface area contributed by atoms with Crippen molar-refractivity contribution in [3.05, 3.63) is 65.7 Å². The van der Waals surface area contributed by atoms with Gasteiger partial charge in [0.1, 0.15) is 0 Å². The summed E-state index contributed by atoms with van der Waals surface area (Å²) in [5.41, 5.74) is 5.04. The molecule has 2 aromatic rings. The molecule has 3 heteroatoms. The lowest BCUT2D eigenvalue weighted by Crippen LogP contribution is -1.97. The predicted molar refractivity (Wildman–Crippen MR) is 77.0 cm³/mol. The number of aliphatic imine (C=N–C) groups is 1.